The van der Waals surface area contributed by atoms with E-state index >= 15 is 0 Å². The zero-order chi connectivity index (χ0) is 21.1. The molecule has 0 bridgehead atoms. The molecule has 2 heterocycles. The fraction of sp³-hybridized carbons (Fsp3) is 0.182. The average Bonchev–Trinajstić information content (AvgIpc) is 3.29. The summed E-state index contributed by atoms with van der Waals surface area (Å²) in [6.07, 6.45) is 2.56. The lowest BCUT2D eigenvalue weighted by molar-refractivity contribution is 0.394. The Hall–Kier alpha value is -3.94. The first-order valence-corrected chi connectivity index (χ1v) is 9.38. The van der Waals surface area contributed by atoms with E-state index in [1.165, 1.54) is 11.6 Å². The van der Waals surface area contributed by atoms with Crippen molar-refractivity contribution < 1.29 is 14.0 Å². The quantitative estimate of drug-likeness (QED) is 0.485. The first-order valence-electron chi connectivity index (χ1n) is 9.38. The Kier molecular flexibility index (Phi) is 5.30. The number of methoxy groups -OCH3 is 2. The molecule has 0 N–H and O–H groups in total. The molecule has 2 aromatic carbocycles. The molecule has 152 valence electrons. The monoisotopic (exact) mass is 404 g/mol. The third kappa shape index (κ3) is 3.80. The SMILES string of the molecule is CCc1ccc(-n2ccc(=O)c(-c3nc(-c4cc(OC)cc(OC)c4)no3)n2)cc1. The Bertz CT molecular complexity index is 1210. The second-order valence-electron chi connectivity index (χ2n) is 6.52. The van der Waals surface area contributed by atoms with Crippen molar-refractivity contribution >= 4 is 0 Å². The lowest BCUT2D eigenvalue weighted by Gasteiger charge is -2.06. The van der Waals surface area contributed by atoms with Gasteiger partial charge in [-0.1, -0.05) is 24.2 Å². The third-order valence-electron chi connectivity index (χ3n) is 4.66. The maximum atomic E-state index is 12.4. The van der Waals surface area contributed by atoms with Gasteiger partial charge in [-0.15, -0.1) is 0 Å². The summed E-state index contributed by atoms with van der Waals surface area (Å²) in [6.45, 7) is 2.09. The van der Waals surface area contributed by atoms with Gasteiger partial charge in [-0.2, -0.15) is 10.1 Å². The highest BCUT2D eigenvalue weighted by molar-refractivity contribution is 5.62. The molecule has 8 nitrogen and oxygen atoms in total. The molecule has 0 unspecified atom stereocenters. The minimum Gasteiger partial charge on any atom is -0.497 e. The molecule has 0 amide bonds. The van der Waals surface area contributed by atoms with E-state index in [0.717, 1.165) is 12.1 Å². The van der Waals surface area contributed by atoms with Gasteiger partial charge in [-0.05, 0) is 36.2 Å². The molecule has 0 spiro atoms. The molecule has 0 saturated heterocycles. The molecule has 0 aliphatic heterocycles. The molecular formula is C22H20N4O4. The topological polar surface area (TPSA) is 92.3 Å². The van der Waals surface area contributed by atoms with E-state index in [4.69, 9.17) is 14.0 Å². The summed E-state index contributed by atoms with van der Waals surface area (Å²) in [5.41, 5.74) is 2.44. The second-order valence-corrected chi connectivity index (χ2v) is 6.52. The van der Waals surface area contributed by atoms with Gasteiger partial charge in [-0.25, -0.2) is 4.68 Å². The summed E-state index contributed by atoms with van der Waals surface area (Å²) in [4.78, 5) is 16.8. The Labute approximate surface area is 172 Å². The van der Waals surface area contributed by atoms with Gasteiger partial charge in [0.05, 0.1) is 19.9 Å². The molecular weight excluding hydrogens is 384 g/mol. The predicted molar refractivity (Wildman–Crippen MR) is 111 cm³/mol. The largest absolute Gasteiger partial charge is 0.497 e. The van der Waals surface area contributed by atoms with Gasteiger partial charge >= 0.3 is 0 Å². The van der Waals surface area contributed by atoms with E-state index in [0.29, 0.717) is 22.9 Å². The number of aromatic nitrogens is 4. The van der Waals surface area contributed by atoms with Crippen LogP contribution < -0.4 is 14.9 Å². The molecule has 4 aromatic rings. The van der Waals surface area contributed by atoms with Crippen LogP contribution >= 0.6 is 0 Å². The van der Waals surface area contributed by atoms with E-state index < -0.39 is 0 Å². The molecule has 0 radical (unpaired) electrons. The van der Waals surface area contributed by atoms with Crippen molar-refractivity contribution in [2.45, 2.75) is 13.3 Å². The summed E-state index contributed by atoms with van der Waals surface area (Å²) < 4.78 is 17.5. The van der Waals surface area contributed by atoms with Gasteiger partial charge in [0, 0.05) is 23.9 Å². The molecule has 0 aliphatic rings. The van der Waals surface area contributed by atoms with Gasteiger partial charge < -0.3 is 14.0 Å². The van der Waals surface area contributed by atoms with Crippen molar-refractivity contribution in [3.05, 3.63) is 70.5 Å². The van der Waals surface area contributed by atoms with Crippen molar-refractivity contribution in [2.24, 2.45) is 0 Å². The van der Waals surface area contributed by atoms with Crippen LogP contribution in [0.15, 0.2) is 64.0 Å². The minimum atomic E-state index is -0.310. The smallest absolute Gasteiger partial charge is 0.282 e. The lowest BCUT2D eigenvalue weighted by Crippen LogP contribution is -2.12. The maximum Gasteiger partial charge on any atom is 0.282 e. The molecule has 0 atom stereocenters. The Morgan fingerprint density at radius 3 is 2.33 bits per heavy atom. The molecule has 0 fully saturated rings. The second kappa shape index (κ2) is 8.20. The van der Waals surface area contributed by atoms with Crippen LogP contribution in [0.1, 0.15) is 12.5 Å². The van der Waals surface area contributed by atoms with Gasteiger partial charge in [0.2, 0.25) is 11.3 Å². The zero-order valence-electron chi connectivity index (χ0n) is 16.8. The van der Waals surface area contributed by atoms with Crippen LogP contribution in [0, 0.1) is 0 Å². The van der Waals surface area contributed by atoms with Crippen molar-refractivity contribution in [1.29, 1.82) is 0 Å². The van der Waals surface area contributed by atoms with Crippen molar-refractivity contribution in [3.63, 3.8) is 0 Å². The highest BCUT2D eigenvalue weighted by Gasteiger charge is 2.17. The summed E-state index contributed by atoms with van der Waals surface area (Å²) in [7, 11) is 3.12. The van der Waals surface area contributed by atoms with Gasteiger partial charge in [0.1, 0.15) is 11.5 Å². The van der Waals surface area contributed by atoms with Crippen LogP contribution in [0.2, 0.25) is 0 Å². The van der Waals surface area contributed by atoms with E-state index in [9.17, 15) is 4.79 Å². The van der Waals surface area contributed by atoms with Gasteiger partial charge in [-0.3, -0.25) is 4.79 Å². The van der Waals surface area contributed by atoms with Gasteiger partial charge in [0.25, 0.3) is 5.89 Å². The third-order valence-corrected chi connectivity index (χ3v) is 4.66. The molecule has 0 aliphatic carbocycles. The van der Waals surface area contributed by atoms with Crippen LogP contribution in [0.4, 0.5) is 0 Å². The maximum absolute atomic E-state index is 12.4. The fourth-order valence-electron chi connectivity index (χ4n) is 2.96. The average molecular weight is 404 g/mol. The van der Waals surface area contributed by atoms with Crippen LogP contribution in [0.5, 0.6) is 11.5 Å². The highest BCUT2D eigenvalue weighted by atomic mass is 16.5. The number of benzene rings is 2. The number of hydrogen-bond donors (Lipinski definition) is 0. The normalized spacial score (nSPS) is 10.8. The van der Waals surface area contributed by atoms with Crippen LogP contribution in [-0.2, 0) is 6.42 Å². The van der Waals surface area contributed by atoms with Crippen molar-refractivity contribution in [2.75, 3.05) is 14.2 Å². The molecule has 2 aromatic heterocycles. The fourth-order valence-corrected chi connectivity index (χ4v) is 2.96. The van der Waals surface area contributed by atoms with Crippen LogP contribution in [-0.4, -0.2) is 34.1 Å². The molecule has 30 heavy (non-hydrogen) atoms. The summed E-state index contributed by atoms with van der Waals surface area (Å²) in [5.74, 6) is 1.51. The van der Waals surface area contributed by atoms with Gasteiger partial charge in [0.15, 0.2) is 5.69 Å². The number of hydrogen-bond acceptors (Lipinski definition) is 7. The van der Waals surface area contributed by atoms with Crippen molar-refractivity contribution in [3.8, 4) is 40.2 Å². The van der Waals surface area contributed by atoms with E-state index in [1.807, 2.05) is 24.3 Å². The Morgan fingerprint density at radius 2 is 1.70 bits per heavy atom. The Morgan fingerprint density at radius 1 is 1.00 bits per heavy atom. The number of rotatable bonds is 6. The summed E-state index contributed by atoms with van der Waals surface area (Å²) in [5, 5.41) is 8.40. The number of aryl methyl sites for hydroxylation is 1. The molecule has 0 saturated carbocycles. The molecule has 8 heteroatoms. The van der Waals surface area contributed by atoms with Crippen molar-refractivity contribution in [1.82, 2.24) is 19.9 Å². The first-order chi connectivity index (χ1) is 14.6. The Balaban J connectivity index is 1.72. The molecule has 4 rings (SSSR count). The standard InChI is InChI=1S/C22H20N4O4/c1-4-14-5-7-16(8-6-14)26-10-9-19(27)20(24-26)22-23-21(25-30-22)15-11-17(28-2)13-18(12-15)29-3/h5-13H,4H2,1-3H3. The van der Waals surface area contributed by atoms with Crippen LogP contribution in [0.3, 0.4) is 0 Å². The zero-order valence-corrected chi connectivity index (χ0v) is 16.8. The highest BCUT2D eigenvalue weighted by Crippen LogP contribution is 2.29. The summed E-state index contributed by atoms with van der Waals surface area (Å²) >= 11 is 0. The number of nitrogens with zero attached hydrogens (tertiary/aromatic N) is 4. The summed E-state index contributed by atoms with van der Waals surface area (Å²) in [6, 6.07) is 14.6. The van der Waals surface area contributed by atoms with E-state index in [2.05, 4.69) is 22.2 Å². The van der Waals surface area contributed by atoms with E-state index in [1.54, 1.807) is 43.3 Å². The minimum absolute atomic E-state index is 0.0383. The van der Waals surface area contributed by atoms with Crippen LogP contribution in [0.25, 0.3) is 28.7 Å². The lowest BCUT2D eigenvalue weighted by atomic mass is 10.1. The first kappa shape index (κ1) is 19.4. The predicted octanol–water partition coefficient (Wildman–Crippen LogP) is 3.53. The van der Waals surface area contributed by atoms with E-state index in [-0.39, 0.29) is 17.0 Å². The number of ether oxygens (including phenoxy) is 2.